The molecule has 0 aliphatic heterocycles. The lowest BCUT2D eigenvalue weighted by Crippen LogP contribution is -2.29. The highest BCUT2D eigenvalue weighted by atomic mass is 19.1. The van der Waals surface area contributed by atoms with E-state index in [4.69, 9.17) is 15.3 Å². The molecule has 1 aromatic carbocycles. The Bertz CT molecular complexity index is 607. The summed E-state index contributed by atoms with van der Waals surface area (Å²) in [7, 11) is 1.49. The fraction of sp³-hybridized carbons (Fsp3) is 0.267. The molecule has 1 aromatic heterocycles. The summed E-state index contributed by atoms with van der Waals surface area (Å²) < 4.78 is 24.6. The molecule has 0 saturated carbocycles. The fourth-order valence-electron chi connectivity index (χ4n) is 2.07. The molecular weight excluding hydrogens is 273 g/mol. The van der Waals surface area contributed by atoms with E-state index in [2.05, 4.69) is 10.4 Å². The first kappa shape index (κ1) is 15.2. The van der Waals surface area contributed by atoms with Crippen molar-refractivity contribution in [2.75, 3.05) is 13.7 Å². The molecule has 0 aliphatic carbocycles. The summed E-state index contributed by atoms with van der Waals surface area (Å²) in [6.07, 6.45) is 3.22. The minimum absolute atomic E-state index is 0.404. The van der Waals surface area contributed by atoms with E-state index in [0.29, 0.717) is 29.2 Å². The van der Waals surface area contributed by atoms with Gasteiger partial charge in [-0.3, -0.25) is 10.8 Å². The largest absolute Gasteiger partial charge is 0.497 e. The Morgan fingerprint density at radius 1 is 1.29 bits per heavy atom. The van der Waals surface area contributed by atoms with Gasteiger partial charge in [-0.25, -0.2) is 9.82 Å². The zero-order valence-electron chi connectivity index (χ0n) is 12.0. The summed E-state index contributed by atoms with van der Waals surface area (Å²) in [6, 6.07) is 5.89. The van der Waals surface area contributed by atoms with E-state index in [1.807, 2.05) is 6.92 Å². The summed E-state index contributed by atoms with van der Waals surface area (Å²) in [5.41, 5.74) is 3.73. The first-order chi connectivity index (χ1) is 10.2. The van der Waals surface area contributed by atoms with Crippen molar-refractivity contribution in [3.63, 3.8) is 0 Å². The monoisotopic (exact) mass is 291 g/mol. The molecule has 6 heteroatoms. The second kappa shape index (κ2) is 7.01. The van der Waals surface area contributed by atoms with Crippen molar-refractivity contribution in [1.82, 2.24) is 10.4 Å². The molecule has 0 fully saturated rings. The van der Waals surface area contributed by atoms with Crippen molar-refractivity contribution >= 4 is 0 Å². The van der Waals surface area contributed by atoms with Crippen LogP contribution in [0.3, 0.4) is 0 Å². The average Bonchev–Trinajstić information content (AvgIpc) is 2.50. The van der Waals surface area contributed by atoms with Gasteiger partial charge >= 0.3 is 0 Å². The van der Waals surface area contributed by atoms with Gasteiger partial charge in [0.15, 0.2) is 0 Å². The summed E-state index contributed by atoms with van der Waals surface area (Å²) in [6.45, 7) is 2.41. The summed E-state index contributed by atoms with van der Waals surface area (Å²) >= 11 is 0. The first-order valence-electron chi connectivity index (χ1n) is 6.57. The third-order valence-electron chi connectivity index (χ3n) is 3.06. The second-order valence-corrected chi connectivity index (χ2v) is 4.37. The van der Waals surface area contributed by atoms with E-state index in [1.54, 1.807) is 30.6 Å². The summed E-state index contributed by atoms with van der Waals surface area (Å²) in [4.78, 5) is 4.09. The van der Waals surface area contributed by atoms with E-state index in [-0.39, 0.29) is 0 Å². The van der Waals surface area contributed by atoms with Gasteiger partial charge in [0.1, 0.15) is 17.3 Å². The van der Waals surface area contributed by atoms with E-state index in [1.165, 1.54) is 13.2 Å². The van der Waals surface area contributed by atoms with Crippen LogP contribution in [-0.2, 0) is 0 Å². The van der Waals surface area contributed by atoms with Crippen LogP contribution in [0.4, 0.5) is 4.39 Å². The van der Waals surface area contributed by atoms with Crippen LogP contribution in [0.1, 0.15) is 24.1 Å². The van der Waals surface area contributed by atoms with Crippen molar-refractivity contribution in [3.05, 3.63) is 53.6 Å². The maximum Gasteiger partial charge on any atom is 0.137 e. The van der Waals surface area contributed by atoms with Crippen LogP contribution in [0.25, 0.3) is 0 Å². The number of pyridine rings is 1. The molecule has 0 amide bonds. The molecule has 0 aliphatic rings. The van der Waals surface area contributed by atoms with Crippen LogP contribution < -0.4 is 20.7 Å². The second-order valence-electron chi connectivity index (χ2n) is 4.37. The number of hydrogen-bond donors (Lipinski definition) is 2. The van der Waals surface area contributed by atoms with E-state index in [0.717, 1.165) is 0 Å². The van der Waals surface area contributed by atoms with Gasteiger partial charge in [-0.15, -0.1) is 0 Å². The van der Waals surface area contributed by atoms with Crippen molar-refractivity contribution in [3.8, 4) is 11.5 Å². The van der Waals surface area contributed by atoms with Crippen molar-refractivity contribution in [2.24, 2.45) is 5.84 Å². The van der Waals surface area contributed by atoms with Crippen LogP contribution in [0.5, 0.6) is 11.5 Å². The van der Waals surface area contributed by atoms with Crippen LogP contribution in [0, 0.1) is 5.82 Å². The average molecular weight is 291 g/mol. The Kier molecular flexibility index (Phi) is 5.08. The number of hydrogen-bond acceptors (Lipinski definition) is 5. The number of hydrazine groups is 1. The van der Waals surface area contributed by atoms with E-state index in [9.17, 15) is 4.39 Å². The van der Waals surface area contributed by atoms with Crippen LogP contribution in [0.2, 0.25) is 0 Å². The highest BCUT2D eigenvalue weighted by molar-refractivity contribution is 5.37. The lowest BCUT2D eigenvalue weighted by Gasteiger charge is -2.18. The number of nitrogens with two attached hydrogens (primary N) is 1. The maximum atomic E-state index is 14.2. The quantitative estimate of drug-likeness (QED) is 0.630. The lowest BCUT2D eigenvalue weighted by molar-refractivity contribution is 0.338. The first-order valence-corrected chi connectivity index (χ1v) is 6.57. The third-order valence-corrected chi connectivity index (χ3v) is 3.06. The maximum absolute atomic E-state index is 14.2. The molecule has 1 unspecified atom stereocenters. The number of nitrogens with one attached hydrogen (secondary N) is 1. The minimum Gasteiger partial charge on any atom is -0.497 e. The molecule has 2 rings (SSSR count). The molecule has 3 N–H and O–H groups in total. The number of nitrogens with zero attached hydrogens (tertiary/aromatic N) is 1. The molecule has 0 spiro atoms. The molecule has 112 valence electrons. The fourth-order valence-corrected chi connectivity index (χ4v) is 2.07. The van der Waals surface area contributed by atoms with E-state index >= 15 is 0 Å². The predicted octanol–water partition coefficient (Wildman–Crippen LogP) is 2.18. The zero-order chi connectivity index (χ0) is 15.2. The number of halogens is 1. The number of aromatic nitrogens is 1. The molecule has 0 bridgehead atoms. The van der Waals surface area contributed by atoms with Gasteiger partial charge < -0.3 is 9.47 Å². The molecule has 2 aromatic rings. The van der Waals surface area contributed by atoms with Gasteiger partial charge in [0.05, 0.1) is 26.0 Å². The van der Waals surface area contributed by atoms with Gasteiger partial charge in [0.25, 0.3) is 0 Å². The number of rotatable bonds is 6. The van der Waals surface area contributed by atoms with Crippen LogP contribution >= 0.6 is 0 Å². The molecule has 5 nitrogen and oxygen atoms in total. The molecule has 1 atom stereocenters. The van der Waals surface area contributed by atoms with Gasteiger partial charge in [0, 0.05) is 17.8 Å². The lowest BCUT2D eigenvalue weighted by atomic mass is 10.00. The Morgan fingerprint density at radius 2 is 2.10 bits per heavy atom. The van der Waals surface area contributed by atoms with Gasteiger partial charge in [-0.05, 0) is 24.6 Å². The molecule has 0 radical (unpaired) electrons. The number of methoxy groups -OCH3 is 1. The van der Waals surface area contributed by atoms with Crippen LogP contribution in [0.15, 0.2) is 36.7 Å². The normalized spacial score (nSPS) is 12.0. The van der Waals surface area contributed by atoms with Gasteiger partial charge in [-0.2, -0.15) is 0 Å². The van der Waals surface area contributed by atoms with Gasteiger partial charge in [-0.1, -0.05) is 6.07 Å². The SMILES string of the molecule is CCOc1cncc(C(NN)c2ccc(OC)cc2F)c1. The predicted molar refractivity (Wildman–Crippen MR) is 77.5 cm³/mol. The Morgan fingerprint density at radius 3 is 2.71 bits per heavy atom. The Hall–Kier alpha value is -2.18. The number of ether oxygens (including phenoxy) is 2. The highest BCUT2D eigenvalue weighted by Crippen LogP contribution is 2.27. The minimum atomic E-state index is -0.524. The number of benzene rings is 1. The van der Waals surface area contributed by atoms with Crippen molar-refractivity contribution < 1.29 is 13.9 Å². The van der Waals surface area contributed by atoms with Crippen LogP contribution in [-0.4, -0.2) is 18.7 Å². The Labute approximate surface area is 122 Å². The van der Waals surface area contributed by atoms with E-state index < -0.39 is 11.9 Å². The standard InChI is InChI=1S/C15H18FN3O2/c1-3-21-12-6-10(8-18-9-12)15(19-17)13-5-4-11(20-2)7-14(13)16/h4-9,15,19H,3,17H2,1-2H3. The third kappa shape index (κ3) is 3.48. The zero-order valence-corrected chi connectivity index (χ0v) is 12.0. The molecule has 0 saturated heterocycles. The van der Waals surface area contributed by atoms with Crippen molar-refractivity contribution in [1.29, 1.82) is 0 Å². The summed E-state index contributed by atoms with van der Waals surface area (Å²) in [5, 5.41) is 0. The Balaban J connectivity index is 2.37. The molecule has 21 heavy (non-hydrogen) atoms. The van der Waals surface area contributed by atoms with Crippen molar-refractivity contribution in [2.45, 2.75) is 13.0 Å². The summed E-state index contributed by atoms with van der Waals surface area (Å²) in [5.74, 6) is 6.25. The topological polar surface area (TPSA) is 69.4 Å². The molecular formula is C15H18FN3O2. The smallest absolute Gasteiger partial charge is 0.137 e. The highest BCUT2D eigenvalue weighted by Gasteiger charge is 2.18. The van der Waals surface area contributed by atoms with Gasteiger partial charge in [0.2, 0.25) is 0 Å². The molecule has 1 heterocycles.